The third-order valence-electron chi connectivity index (χ3n) is 3.49. The fraction of sp³-hybridized carbons (Fsp3) is 0.316. The average molecular weight is 328 g/mol. The highest BCUT2D eigenvalue weighted by atomic mass is 32.1. The predicted molar refractivity (Wildman–Crippen MR) is 101 cm³/mol. The number of benzene rings is 2. The summed E-state index contributed by atoms with van der Waals surface area (Å²) in [5, 5.41) is 7.06. The van der Waals surface area contributed by atoms with Crippen molar-refractivity contribution < 1.29 is 4.74 Å². The molecule has 0 saturated heterocycles. The van der Waals surface area contributed by atoms with Crippen LogP contribution in [0, 0.1) is 13.8 Å². The van der Waals surface area contributed by atoms with E-state index in [1.807, 2.05) is 38.1 Å². The summed E-state index contributed by atoms with van der Waals surface area (Å²) >= 11 is 5.36. The van der Waals surface area contributed by atoms with Crippen molar-refractivity contribution in [3.8, 4) is 5.75 Å². The summed E-state index contributed by atoms with van der Waals surface area (Å²) in [7, 11) is 0. The zero-order valence-electron chi connectivity index (χ0n) is 14.1. The number of hydrogen-bond acceptors (Lipinski definition) is 2. The van der Waals surface area contributed by atoms with Crippen LogP contribution in [0.1, 0.15) is 30.5 Å². The minimum absolute atomic E-state index is 0.172. The minimum atomic E-state index is 0.172. The van der Waals surface area contributed by atoms with E-state index in [9.17, 15) is 0 Å². The Balaban J connectivity index is 1.90. The molecule has 0 aliphatic carbocycles. The zero-order chi connectivity index (χ0) is 16.8. The van der Waals surface area contributed by atoms with Crippen molar-refractivity contribution in [2.45, 2.75) is 40.3 Å². The largest absolute Gasteiger partial charge is 0.491 e. The topological polar surface area (TPSA) is 33.3 Å². The van der Waals surface area contributed by atoms with Crippen LogP contribution in [-0.2, 0) is 6.54 Å². The molecule has 0 heterocycles. The number of ether oxygens (including phenoxy) is 1. The Hall–Kier alpha value is -2.07. The van der Waals surface area contributed by atoms with E-state index in [4.69, 9.17) is 17.0 Å². The molecule has 0 saturated carbocycles. The van der Waals surface area contributed by atoms with E-state index in [2.05, 4.69) is 42.7 Å². The molecule has 0 atom stereocenters. The summed E-state index contributed by atoms with van der Waals surface area (Å²) < 4.78 is 5.71. The fourth-order valence-electron chi connectivity index (χ4n) is 2.18. The van der Waals surface area contributed by atoms with Crippen LogP contribution in [0.15, 0.2) is 42.5 Å². The molecule has 0 aliphatic rings. The maximum absolute atomic E-state index is 5.71. The number of rotatable bonds is 5. The first kappa shape index (κ1) is 17.3. The van der Waals surface area contributed by atoms with Gasteiger partial charge >= 0.3 is 0 Å². The maximum Gasteiger partial charge on any atom is 0.171 e. The van der Waals surface area contributed by atoms with Crippen molar-refractivity contribution in [2.75, 3.05) is 5.32 Å². The van der Waals surface area contributed by atoms with Gasteiger partial charge in [0, 0.05) is 12.2 Å². The quantitative estimate of drug-likeness (QED) is 0.787. The van der Waals surface area contributed by atoms with Crippen LogP contribution in [0.4, 0.5) is 5.69 Å². The molecule has 0 radical (unpaired) electrons. The lowest BCUT2D eigenvalue weighted by molar-refractivity contribution is 0.242. The van der Waals surface area contributed by atoms with Crippen LogP contribution in [-0.4, -0.2) is 11.2 Å². The first-order valence-electron chi connectivity index (χ1n) is 7.82. The van der Waals surface area contributed by atoms with E-state index in [1.165, 1.54) is 11.1 Å². The molecular weight excluding hydrogens is 304 g/mol. The lowest BCUT2D eigenvalue weighted by atomic mass is 10.1. The van der Waals surface area contributed by atoms with Gasteiger partial charge < -0.3 is 15.4 Å². The van der Waals surface area contributed by atoms with Gasteiger partial charge in [-0.05, 0) is 80.9 Å². The third-order valence-corrected chi connectivity index (χ3v) is 3.73. The normalized spacial score (nSPS) is 10.5. The molecule has 0 unspecified atom stereocenters. The van der Waals surface area contributed by atoms with Crippen molar-refractivity contribution in [1.29, 1.82) is 0 Å². The first-order chi connectivity index (χ1) is 10.9. The van der Waals surface area contributed by atoms with E-state index in [-0.39, 0.29) is 6.10 Å². The van der Waals surface area contributed by atoms with E-state index in [1.54, 1.807) is 0 Å². The molecule has 0 aromatic heterocycles. The number of thiocarbonyl (C=S) groups is 1. The van der Waals surface area contributed by atoms with Gasteiger partial charge in [-0.2, -0.15) is 0 Å². The predicted octanol–water partition coefficient (Wildman–Crippen LogP) is 4.58. The van der Waals surface area contributed by atoms with Crippen molar-refractivity contribution in [2.24, 2.45) is 0 Å². The van der Waals surface area contributed by atoms with Crippen LogP contribution >= 0.6 is 12.2 Å². The molecule has 4 heteroatoms. The Morgan fingerprint density at radius 3 is 2.57 bits per heavy atom. The van der Waals surface area contributed by atoms with Gasteiger partial charge in [0.25, 0.3) is 0 Å². The number of nitrogens with one attached hydrogen (secondary N) is 2. The Bertz CT molecular complexity index is 683. The highest BCUT2D eigenvalue weighted by molar-refractivity contribution is 7.80. The summed E-state index contributed by atoms with van der Waals surface area (Å²) in [6.45, 7) is 8.89. The van der Waals surface area contributed by atoms with Gasteiger partial charge in [0.1, 0.15) is 5.75 Å². The molecule has 0 spiro atoms. The maximum atomic E-state index is 5.71. The number of aryl methyl sites for hydroxylation is 2. The van der Waals surface area contributed by atoms with Gasteiger partial charge in [-0.3, -0.25) is 0 Å². The summed E-state index contributed by atoms with van der Waals surface area (Å²) in [4.78, 5) is 0. The number of hydrogen-bond donors (Lipinski definition) is 2. The fourth-order valence-corrected chi connectivity index (χ4v) is 2.37. The van der Waals surface area contributed by atoms with Crippen LogP contribution < -0.4 is 15.4 Å². The van der Waals surface area contributed by atoms with Gasteiger partial charge in [0.05, 0.1) is 6.10 Å². The molecule has 2 aromatic carbocycles. The molecule has 0 bridgehead atoms. The van der Waals surface area contributed by atoms with E-state index < -0.39 is 0 Å². The highest BCUT2D eigenvalue weighted by Crippen LogP contribution is 2.16. The second-order valence-electron chi connectivity index (χ2n) is 5.92. The molecule has 23 heavy (non-hydrogen) atoms. The standard InChI is InChI=1S/C19H24N2OS/c1-13(2)22-18-7-5-6-16(11-18)12-20-19(23)21-17-9-8-14(3)15(4)10-17/h5-11,13H,12H2,1-4H3,(H2,20,21,23). The van der Waals surface area contributed by atoms with Crippen LogP contribution in [0.2, 0.25) is 0 Å². The first-order valence-corrected chi connectivity index (χ1v) is 8.22. The molecule has 0 fully saturated rings. The lowest BCUT2D eigenvalue weighted by Crippen LogP contribution is -2.27. The Kier molecular flexibility index (Phi) is 5.99. The van der Waals surface area contributed by atoms with Crippen LogP contribution in [0.5, 0.6) is 5.75 Å². The Morgan fingerprint density at radius 1 is 1.09 bits per heavy atom. The Labute approximate surface area is 144 Å². The molecular formula is C19H24N2OS. The van der Waals surface area contributed by atoms with Gasteiger partial charge in [-0.15, -0.1) is 0 Å². The lowest BCUT2D eigenvalue weighted by Gasteiger charge is -2.13. The SMILES string of the molecule is Cc1ccc(NC(=S)NCc2cccc(OC(C)C)c2)cc1C. The summed E-state index contributed by atoms with van der Waals surface area (Å²) in [5.41, 5.74) is 4.66. The van der Waals surface area contributed by atoms with Gasteiger partial charge in [-0.25, -0.2) is 0 Å². The van der Waals surface area contributed by atoms with Crippen molar-refractivity contribution in [1.82, 2.24) is 5.32 Å². The van der Waals surface area contributed by atoms with E-state index in [0.29, 0.717) is 11.7 Å². The van der Waals surface area contributed by atoms with Gasteiger partial charge in [-0.1, -0.05) is 18.2 Å². The highest BCUT2D eigenvalue weighted by Gasteiger charge is 2.02. The second kappa shape index (κ2) is 7.97. The van der Waals surface area contributed by atoms with Gasteiger partial charge in [0.2, 0.25) is 0 Å². The summed E-state index contributed by atoms with van der Waals surface area (Å²) in [6.07, 6.45) is 0.172. The smallest absolute Gasteiger partial charge is 0.171 e. The number of anilines is 1. The molecule has 2 aromatic rings. The zero-order valence-corrected chi connectivity index (χ0v) is 15.0. The van der Waals surface area contributed by atoms with E-state index in [0.717, 1.165) is 17.0 Å². The molecule has 2 rings (SSSR count). The van der Waals surface area contributed by atoms with Gasteiger partial charge in [0.15, 0.2) is 5.11 Å². The molecule has 0 aliphatic heterocycles. The molecule has 2 N–H and O–H groups in total. The van der Waals surface area contributed by atoms with Crippen molar-refractivity contribution in [3.63, 3.8) is 0 Å². The summed E-state index contributed by atoms with van der Waals surface area (Å²) in [6, 6.07) is 14.3. The average Bonchev–Trinajstić information content (AvgIpc) is 2.49. The van der Waals surface area contributed by atoms with Crippen molar-refractivity contribution in [3.05, 3.63) is 59.2 Å². The monoisotopic (exact) mass is 328 g/mol. The summed E-state index contributed by atoms with van der Waals surface area (Å²) in [5.74, 6) is 0.882. The Morgan fingerprint density at radius 2 is 1.87 bits per heavy atom. The molecule has 0 amide bonds. The second-order valence-corrected chi connectivity index (χ2v) is 6.33. The molecule has 122 valence electrons. The molecule has 3 nitrogen and oxygen atoms in total. The third kappa shape index (κ3) is 5.57. The van der Waals surface area contributed by atoms with Crippen molar-refractivity contribution >= 4 is 23.0 Å². The van der Waals surface area contributed by atoms with Crippen LogP contribution in [0.25, 0.3) is 0 Å². The van der Waals surface area contributed by atoms with Crippen LogP contribution in [0.3, 0.4) is 0 Å². The minimum Gasteiger partial charge on any atom is -0.491 e. The van der Waals surface area contributed by atoms with E-state index >= 15 is 0 Å².